The van der Waals surface area contributed by atoms with Crippen LogP contribution in [0.25, 0.3) is 0 Å². The monoisotopic (exact) mass is 484 g/mol. The second kappa shape index (κ2) is 10.1. The van der Waals surface area contributed by atoms with E-state index in [1.54, 1.807) is 13.0 Å². The minimum atomic E-state index is -1.70. The van der Waals surface area contributed by atoms with Gasteiger partial charge in [-0.2, -0.15) is 0 Å². The molecule has 2 N–H and O–H groups in total. The minimum absolute atomic E-state index is 0.0151. The van der Waals surface area contributed by atoms with Crippen LogP contribution in [0.2, 0.25) is 0 Å². The van der Waals surface area contributed by atoms with E-state index < -0.39 is 46.4 Å². The van der Waals surface area contributed by atoms with Crippen LogP contribution in [0.1, 0.15) is 27.0 Å². The molecule has 4 rings (SSSR count). The molecule has 1 aromatic heterocycles. The molecule has 1 fully saturated rings. The third-order valence-electron chi connectivity index (χ3n) is 5.65. The fourth-order valence-corrected chi connectivity index (χ4v) is 3.68. The number of aryl methyl sites for hydroxylation is 2. The molecular formula is C25H23F3N4O3. The van der Waals surface area contributed by atoms with Crippen molar-refractivity contribution in [2.75, 3.05) is 18.4 Å². The predicted molar refractivity (Wildman–Crippen MR) is 122 cm³/mol. The molecule has 0 saturated carbocycles. The summed E-state index contributed by atoms with van der Waals surface area (Å²) >= 11 is 0. The SMILES string of the molecule is Cc1cnc(Nc2c(C(=O)N3CC(C(=O)NOCc4ccccc4)C3)cc(F)c(F)c2F)c(C)c1. The normalized spacial score (nSPS) is 13.3. The summed E-state index contributed by atoms with van der Waals surface area (Å²) < 4.78 is 42.7. The lowest BCUT2D eigenvalue weighted by Gasteiger charge is -2.38. The summed E-state index contributed by atoms with van der Waals surface area (Å²) in [6.07, 6.45) is 1.52. The predicted octanol–water partition coefficient (Wildman–Crippen LogP) is 4.18. The molecule has 1 saturated heterocycles. The highest BCUT2D eigenvalue weighted by Gasteiger charge is 2.38. The third kappa shape index (κ3) is 5.27. The van der Waals surface area contributed by atoms with Crippen molar-refractivity contribution < 1.29 is 27.6 Å². The number of likely N-dealkylation sites (tertiary alicyclic amines) is 1. The van der Waals surface area contributed by atoms with Gasteiger partial charge in [0.25, 0.3) is 5.91 Å². The molecule has 1 aliphatic rings. The maximum Gasteiger partial charge on any atom is 0.256 e. The first-order valence-corrected chi connectivity index (χ1v) is 10.9. The summed E-state index contributed by atoms with van der Waals surface area (Å²) in [6, 6.07) is 11.6. The summed E-state index contributed by atoms with van der Waals surface area (Å²) in [7, 11) is 0. The lowest BCUT2D eigenvalue weighted by molar-refractivity contribution is -0.143. The fraction of sp³-hybridized carbons (Fsp3) is 0.240. The molecule has 0 radical (unpaired) electrons. The number of nitrogens with one attached hydrogen (secondary N) is 2. The Morgan fingerprint density at radius 3 is 2.49 bits per heavy atom. The van der Waals surface area contributed by atoms with Gasteiger partial charge in [-0.15, -0.1) is 0 Å². The molecule has 0 spiro atoms. The fourth-order valence-electron chi connectivity index (χ4n) is 3.68. The lowest BCUT2D eigenvalue weighted by Crippen LogP contribution is -2.55. The van der Waals surface area contributed by atoms with Crippen LogP contribution in [0, 0.1) is 37.2 Å². The van der Waals surface area contributed by atoms with Crippen molar-refractivity contribution in [3.05, 3.63) is 88.4 Å². The molecule has 3 aromatic rings. The number of carbonyl (C=O) groups is 2. The molecule has 0 bridgehead atoms. The number of halogens is 3. The quantitative estimate of drug-likeness (QED) is 0.388. The number of hydroxylamine groups is 1. The number of amides is 2. The first-order chi connectivity index (χ1) is 16.7. The number of rotatable bonds is 7. The second-order valence-corrected chi connectivity index (χ2v) is 8.36. The van der Waals surface area contributed by atoms with Crippen LogP contribution in [0.15, 0.2) is 48.7 Å². The standard InChI is InChI=1S/C25H23F3N4O3/c1-14-8-15(2)23(29-10-14)30-22-18(9-19(26)20(27)21(22)28)25(34)32-11-17(12-32)24(33)31-35-13-16-6-4-3-5-7-16/h3-10,17H,11-13H2,1-2H3,(H,29,30)(H,31,33). The molecule has 0 aliphatic carbocycles. The highest BCUT2D eigenvalue weighted by Crippen LogP contribution is 2.31. The van der Waals surface area contributed by atoms with E-state index in [2.05, 4.69) is 15.8 Å². The van der Waals surface area contributed by atoms with Crippen molar-refractivity contribution in [1.29, 1.82) is 0 Å². The first-order valence-electron chi connectivity index (χ1n) is 10.9. The molecule has 0 atom stereocenters. The molecule has 10 heteroatoms. The van der Waals surface area contributed by atoms with Crippen molar-refractivity contribution in [3.8, 4) is 0 Å². The Morgan fingerprint density at radius 1 is 1.09 bits per heavy atom. The van der Waals surface area contributed by atoms with Crippen LogP contribution in [0.3, 0.4) is 0 Å². The number of benzene rings is 2. The first kappa shape index (κ1) is 24.2. The van der Waals surface area contributed by atoms with Gasteiger partial charge in [-0.25, -0.2) is 23.6 Å². The van der Waals surface area contributed by atoms with Crippen LogP contribution < -0.4 is 10.8 Å². The number of hydrogen-bond acceptors (Lipinski definition) is 5. The van der Waals surface area contributed by atoms with Gasteiger partial charge in [0.2, 0.25) is 5.91 Å². The van der Waals surface area contributed by atoms with Gasteiger partial charge in [-0.3, -0.25) is 14.4 Å². The van der Waals surface area contributed by atoms with E-state index in [1.807, 2.05) is 37.3 Å². The molecule has 1 aliphatic heterocycles. The van der Waals surface area contributed by atoms with Crippen molar-refractivity contribution >= 4 is 23.3 Å². The number of nitrogens with zero attached hydrogens (tertiary/aromatic N) is 2. The molecular weight excluding hydrogens is 461 g/mol. The number of carbonyl (C=O) groups excluding carboxylic acids is 2. The second-order valence-electron chi connectivity index (χ2n) is 8.36. The van der Waals surface area contributed by atoms with Gasteiger partial charge in [-0.1, -0.05) is 36.4 Å². The Kier molecular flexibility index (Phi) is 7.02. The average molecular weight is 484 g/mol. The highest BCUT2D eigenvalue weighted by atomic mass is 19.2. The van der Waals surface area contributed by atoms with E-state index in [9.17, 15) is 22.8 Å². The summed E-state index contributed by atoms with van der Waals surface area (Å²) in [4.78, 5) is 35.9. The zero-order chi connectivity index (χ0) is 25.1. The van der Waals surface area contributed by atoms with Gasteiger partial charge in [0.15, 0.2) is 17.5 Å². The van der Waals surface area contributed by atoms with Crippen LogP contribution in [-0.2, 0) is 16.2 Å². The molecule has 2 aromatic carbocycles. The summed E-state index contributed by atoms with van der Waals surface area (Å²) in [6.45, 7) is 3.74. The summed E-state index contributed by atoms with van der Waals surface area (Å²) in [5.41, 5.74) is 3.78. The largest absolute Gasteiger partial charge is 0.337 e. The Labute approximate surface area is 199 Å². The molecule has 182 valence electrons. The molecule has 7 nitrogen and oxygen atoms in total. The van der Waals surface area contributed by atoms with Gasteiger partial charge >= 0.3 is 0 Å². The van der Waals surface area contributed by atoms with E-state index in [1.165, 1.54) is 11.1 Å². The van der Waals surface area contributed by atoms with E-state index in [4.69, 9.17) is 4.84 Å². The van der Waals surface area contributed by atoms with E-state index >= 15 is 0 Å². The van der Waals surface area contributed by atoms with Crippen molar-refractivity contribution in [2.24, 2.45) is 5.92 Å². The molecule has 0 unspecified atom stereocenters. The Balaban J connectivity index is 1.43. The van der Waals surface area contributed by atoms with Crippen LogP contribution in [-0.4, -0.2) is 34.8 Å². The van der Waals surface area contributed by atoms with Crippen molar-refractivity contribution in [3.63, 3.8) is 0 Å². The maximum atomic E-state index is 14.7. The maximum absolute atomic E-state index is 14.7. The van der Waals surface area contributed by atoms with E-state index in [0.29, 0.717) is 11.6 Å². The Bertz CT molecular complexity index is 1260. The number of pyridine rings is 1. The van der Waals surface area contributed by atoms with Gasteiger partial charge in [0, 0.05) is 19.3 Å². The van der Waals surface area contributed by atoms with Gasteiger partial charge in [0.05, 0.1) is 23.8 Å². The van der Waals surface area contributed by atoms with Crippen molar-refractivity contribution in [2.45, 2.75) is 20.5 Å². The van der Waals surface area contributed by atoms with Gasteiger partial charge < -0.3 is 10.2 Å². The average Bonchev–Trinajstić information content (AvgIpc) is 2.80. The highest BCUT2D eigenvalue weighted by molar-refractivity contribution is 6.01. The minimum Gasteiger partial charge on any atom is -0.337 e. The smallest absolute Gasteiger partial charge is 0.256 e. The van der Waals surface area contributed by atoms with Crippen LogP contribution in [0.5, 0.6) is 0 Å². The number of anilines is 2. The topological polar surface area (TPSA) is 83.6 Å². The van der Waals surface area contributed by atoms with Gasteiger partial charge in [-0.05, 0) is 36.6 Å². The van der Waals surface area contributed by atoms with Crippen molar-refractivity contribution in [1.82, 2.24) is 15.4 Å². The molecule has 2 heterocycles. The zero-order valence-electron chi connectivity index (χ0n) is 19.1. The Hall–Kier alpha value is -3.92. The number of hydrogen-bond donors (Lipinski definition) is 2. The third-order valence-corrected chi connectivity index (χ3v) is 5.65. The summed E-state index contributed by atoms with van der Waals surface area (Å²) in [5.74, 6) is -6.24. The molecule has 35 heavy (non-hydrogen) atoms. The van der Waals surface area contributed by atoms with Crippen LogP contribution in [0.4, 0.5) is 24.7 Å². The van der Waals surface area contributed by atoms with E-state index in [0.717, 1.165) is 11.1 Å². The lowest BCUT2D eigenvalue weighted by atomic mass is 9.97. The zero-order valence-corrected chi connectivity index (χ0v) is 19.1. The molecule has 2 amide bonds. The van der Waals surface area contributed by atoms with Gasteiger partial charge in [0.1, 0.15) is 5.82 Å². The van der Waals surface area contributed by atoms with Crippen LogP contribution >= 0.6 is 0 Å². The Morgan fingerprint density at radius 2 is 1.80 bits per heavy atom. The number of aromatic nitrogens is 1. The van der Waals surface area contributed by atoms with E-state index in [-0.39, 0.29) is 25.5 Å². The summed E-state index contributed by atoms with van der Waals surface area (Å²) in [5, 5.41) is 2.63.